The molecule has 1 aromatic heterocycles. The van der Waals surface area contributed by atoms with Crippen molar-refractivity contribution in [3.05, 3.63) is 11.1 Å². The number of hydrogen-bond acceptors (Lipinski definition) is 6. The van der Waals surface area contributed by atoms with Gasteiger partial charge in [-0.3, -0.25) is 10.3 Å². The standard InChI is InChI=1S/C9H14N6S2/c1-12-9(15-6-10)13-2-3-16-5-7-4-14-8(11)17-7/h4H,2-3,5H2,1H3,(H2,11,14)(H2,12,13,15). The first-order valence-electron chi connectivity index (χ1n) is 4.90. The molecule has 0 spiro atoms. The van der Waals surface area contributed by atoms with Crippen molar-refractivity contribution in [2.75, 3.05) is 25.1 Å². The summed E-state index contributed by atoms with van der Waals surface area (Å²) >= 11 is 3.29. The van der Waals surface area contributed by atoms with Crippen LogP contribution in [0.3, 0.4) is 0 Å². The lowest BCUT2D eigenvalue weighted by Crippen LogP contribution is -2.35. The molecule has 0 unspecified atom stereocenters. The average Bonchev–Trinajstić information content (AvgIpc) is 2.73. The molecule has 0 aliphatic carbocycles. The Kier molecular flexibility index (Phi) is 6.21. The number of nitrogens with zero attached hydrogens (tertiary/aromatic N) is 3. The Morgan fingerprint density at radius 1 is 1.76 bits per heavy atom. The average molecular weight is 270 g/mol. The molecule has 0 saturated heterocycles. The van der Waals surface area contributed by atoms with Crippen LogP contribution in [0.4, 0.5) is 5.13 Å². The van der Waals surface area contributed by atoms with Crippen LogP contribution in [0.25, 0.3) is 0 Å². The topological polar surface area (TPSA) is 99.1 Å². The van der Waals surface area contributed by atoms with Gasteiger partial charge < -0.3 is 11.1 Å². The maximum absolute atomic E-state index is 8.42. The summed E-state index contributed by atoms with van der Waals surface area (Å²) in [5, 5.41) is 14.5. The largest absolute Gasteiger partial charge is 0.375 e. The van der Waals surface area contributed by atoms with E-state index in [1.165, 1.54) is 16.2 Å². The molecule has 0 bridgehead atoms. The van der Waals surface area contributed by atoms with Crippen molar-refractivity contribution in [3.8, 4) is 6.19 Å². The fourth-order valence-electron chi connectivity index (χ4n) is 1.04. The van der Waals surface area contributed by atoms with Gasteiger partial charge in [0.1, 0.15) is 0 Å². The lowest BCUT2D eigenvalue weighted by Gasteiger charge is -2.05. The van der Waals surface area contributed by atoms with Crippen LogP contribution in [0, 0.1) is 11.5 Å². The van der Waals surface area contributed by atoms with Gasteiger partial charge in [0.15, 0.2) is 11.3 Å². The third-order valence-electron chi connectivity index (χ3n) is 1.75. The van der Waals surface area contributed by atoms with Crippen LogP contribution >= 0.6 is 23.1 Å². The number of aromatic nitrogens is 1. The van der Waals surface area contributed by atoms with E-state index in [2.05, 4.69) is 20.6 Å². The molecular formula is C9H14N6S2. The molecule has 0 saturated carbocycles. The van der Waals surface area contributed by atoms with Crippen LogP contribution in [0.2, 0.25) is 0 Å². The maximum Gasteiger partial charge on any atom is 0.204 e. The number of nitrogens with two attached hydrogens (primary N) is 1. The van der Waals surface area contributed by atoms with E-state index < -0.39 is 0 Å². The molecule has 0 aromatic carbocycles. The zero-order chi connectivity index (χ0) is 12.5. The van der Waals surface area contributed by atoms with E-state index in [4.69, 9.17) is 11.0 Å². The smallest absolute Gasteiger partial charge is 0.204 e. The predicted molar refractivity (Wildman–Crippen MR) is 72.8 cm³/mol. The first kappa shape index (κ1) is 13.6. The van der Waals surface area contributed by atoms with E-state index in [9.17, 15) is 0 Å². The number of thiazole rings is 1. The molecule has 0 amide bonds. The van der Waals surface area contributed by atoms with Crippen molar-refractivity contribution in [1.82, 2.24) is 15.6 Å². The second kappa shape index (κ2) is 7.76. The van der Waals surface area contributed by atoms with Gasteiger partial charge in [-0.1, -0.05) is 0 Å². The molecule has 1 rings (SSSR count). The third kappa shape index (κ3) is 5.42. The number of thioether (sulfide) groups is 1. The van der Waals surface area contributed by atoms with Gasteiger partial charge in [-0.15, -0.1) is 11.3 Å². The highest BCUT2D eigenvalue weighted by atomic mass is 32.2. The third-order valence-corrected chi connectivity index (χ3v) is 3.77. The zero-order valence-corrected chi connectivity index (χ0v) is 11.1. The Labute approximate surface area is 108 Å². The fraction of sp³-hybridized carbons (Fsp3) is 0.444. The molecule has 0 fully saturated rings. The van der Waals surface area contributed by atoms with E-state index >= 15 is 0 Å². The van der Waals surface area contributed by atoms with Crippen LogP contribution in [0.15, 0.2) is 11.2 Å². The van der Waals surface area contributed by atoms with Crippen LogP contribution in [0.1, 0.15) is 4.88 Å². The van der Waals surface area contributed by atoms with Gasteiger partial charge in [-0.25, -0.2) is 4.98 Å². The number of aliphatic imine (C=N–C) groups is 1. The number of anilines is 1. The second-order valence-electron chi connectivity index (χ2n) is 2.95. The number of hydrogen-bond donors (Lipinski definition) is 3. The van der Waals surface area contributed by atoms with Gasteiger partial charge in [0, 0.05) is 36.2 Å². The van der Waals surface area contributed by atoms with Gasteiger partial charge in [0.25, 0.3) is 0 Å². The van der Waals surface area contributed by atoms with E-state index in [0.717, 1.165) is 18.1 Å². The van der Waals surface area contributed by atoms with Gasteiger partial charge in [0.2, 0.25) is 5.96 Å². The number of rotatable bonds is 5. The van der Waals surface area contributed by atoms with Crippen molar-refractivity contribution in [2.24, 2.45) is 4.99 Å². The summed E-state index contributed by atoms with van der Waals surface area (Å²) in [6, 6.07) is 0. The molecule has 0 aliphatic rings. The predicted octanol–water partition coefficient (Wildman–Crippen LogP) is 0.605. The highest BCUT2D eigenvalue weighted by molar-refractivity contribution is 7.98. The van der Waals surface area contributed by atoms with E-state index in [-0.39, 0.29) is 0 Å². The lowest BCUT2D eigenvalue weighted by molar-refractivity contribution is 0.931. The van der Waals surface area contributed by atoms with E-state index in [0.29, 0.717) is 11.1 Å². The Hall–Kier alpha value is -1.46. The van der Waals surface area contributed by atoms with Gasteiger partial charge >= 0.3 is 0 Å². The van der Waals surface area contributed by atoms with Crippen molar-refractivity contribution < 1.29 is 0 Å². The number of guanidine groups is 1. The Morgan fingerprint density at radius 2 is 2.59 bits per heavy atom. The summed E-state index contributed by atoms with van der Waals surface area (Å²) in [5.74, 6) is 2.32. The zero-order valence-electron chi connectivity index (χ0n) is 9.43. The SMILES string of the molecule is CN=C(NC#N)NCCSCc1cnc(N)s1. The first-order chi connectivity index (χ1) is 8.26. The summed E-state index contributed by atoms with van der Waals surface area (Å²) in [6.07, 6.45) is 3.62. The van der Waals surface area contributed by atoms with Crippen molar-refractivity contribution in [3.63, 3.8) is 0 Å². The highest BCUT2D eigenvalue weighted by Gasteiger charge is 1.99. The molecule has 17 heavy (non-hydrogen) atoms. The normalized spacial score (nSPS) is 10.9. The molecule has 8 heteroatoms. The van der Waals surface area contributed by atoms with Crippen LogP contribution in [0.5, 0.6) is 0 Å². The van der Waals surface area contributed by atoms with Crippen LogP contribution in [-0.2, 0) is 5.75 Å². The number of nitrogen functional groups attached to an aromatic ring is 1. The van der Waals surface area contributed by atoms with Gasteiger partial charge in [0.05, 0.1) is 0 Å². The molecule has 0 aliphatic heterocycles. The molecule has 0 atom stereocenters. The Bertz CT molecular complexity index is 408. The van der Waals surface area contributed by atoms with E-state index in [1.54, 1.807) is 25.0 Å². The lowest BCUT2D eigenvalue weighted by atomic mass is 10.6. The van der Waals surface area contributed by atoms with Gasteiger partial charge in [-0.05, 0) is 0 Å². The number of nitrogens with one attached hydrogen (secondary N) is 2. The first-order valence-corrected chi connectivity index (χ1v) is 6.87. The van der Waals surface area contributed by atoms with E-state index in [1.807, 2.05) is 6.19 Å². The maximum atomic E-state index is 8.42. The molecule has 1 heterocycles. The molecule has 4 N–H and O–H groups in total. The molecule has 6 nitrogen and oxygen atoms in total. The molecule has 92 valence electrons. The summed E-state index contributed by atoms with van der Waals surface area (Å²) in [4.78, 5) is 9.03. The summed E-state index contributed by atoms with van der Waals surface area (Å²) < 4.78 is 0. The Morgan fingerprint density at radius 3 is 3.18 bits per heavy atom. The summed E-state index contributed by atoms with van der Waals surface area (Å²) in [5.41, 5.74) is 5.53. The van der Waals surface area contributed by atoms with Crippen LogP contribution < -0.4 is 16.4 Å². The second-order valence-corrected chi connectivity index (χ2v) is 5.21. The molecular weight excluding hydrogens is 256 g/mol. The van der Waals surface area contributed by atoms with Crippen molar-refractivity contribution >= 4 is 34.2 Å². The highest BCUT2D eigenvalue weighted by Crippen LogP contribution is 2.19. The van der Waals surface area contributed by atoms with Crippen LogP contribution in [-0.4, -0.2) is 30.3 Å². The summed E-state index contributed by atoms with van der Waals surface area (Å²) in [6.45, 7) is 0.750. The minimum absolute atomic E-state index is 0.495. The number of nitriles is 1. The Balaban J connectivity index is 2.11. The fourth-order valence-corrected chi connectivity index (χ4v) is 2.67. The minimum Gasteiger partial charge on any atom is -0.375 e. The quantitative estimate of drug-likeness (QED) is 0.238. The van der Waals surface area contributed by atoms with Crippen molar-refractivity contribution in [2.45, 2.75) is 5.75 Å². The monoisotopic (exact) mass is 270 g/mol. The van der Waals surface area contributed by atoms with Gasteiger partial charge in [-0.2, -0.15) is 17.0 Å². The minimum atomic E-state index is 0.495. The summed E-state index contributed by atoms with van der Waals surface area (Å²) in [7, 11) is 1.62. The van der Waals surface area contributed by atoms with Crippen molar-refractivity contribution in [1.29, 1.82) is 5.26 Å². The molecule has 0 radical (unpaired) electrons. The molecule has 1 aromatic rings.